The van der Waals surface area contributed by atoms with Crippen molar-refractivity contribution in [1.82, 2.24) is 9.47 Å². The van der Waals surface area contributed by atoms with E-state index < -0.39 is 5.82 Å². The number of carbonyl (C=O) groups excluding carboxylic acids is 1. The lowest BCUT2D eigenvalue weighted by Crippen LogP contribution is -2.39. The van der Waals surface area contributed by atoms with Crippen molar-refractivity contribution in [2.75, 3.05) is 25.5 Å². The number of nitrogens with zero attached hydrogens (tertiary/aromatic N) is 2. The summed E-state index contributed by atoms with van der Waals surface area (Å²) < 4.78 is 34.3. The Morgan fingerprint density at radius 1 is 1.09 bits per heavy atom. The number of piperidine rings is 1. The van der Waals surface area contributed by atoms with Gasteiger partial charge in [-0.2, -0.15) is 0 Å². The van der Waals surface area contributed by atoms with Crippen LogP contribution in [0.4, 0.5) is 20.2 Å². The first-order valence-electron chi connectivity index (χ1n) is 11.1. The summed E-state index contributed by atoms with van der Waals surface area (Å²) >= 11 is 0. The molecule has 34 heavy (non-hydrogen) atoms. The lowest BCUT2D eigenvalue weighted by molar-refractivity contribution is 0.0713. The average molecular weight is 468 g/mol. The molecular weight excluding hydrogens is 440 g/mol. The van der Waals surface area contributed by atoms with Gasteiger partial charge < -0.3 is 19.5 Å². The number of halogens is 2. The van der Waals surface area contributed by atoms with Gasteiger partial charge in [0.15, 0.2) is 0 Å². The van der Waals surface area contributed by atoms with Gasteiger partial charge in [-0.05, 0) is 55.5 Å². The number of likely N-dealkylation sites (tertiary alicyclic amines) is 1. The van der Waals surface area contributed by atoms with Crippen LogP contribution in [-0.2, 0) is 7.05 Å². The number of methoxy groups -OCH3 is 1. The molecular formula is C26H27F2N3O3. The number of amides is 1. The van der Waals surface area contributed by atoms with Crippen LogP contribution >= 0.6 is 0 Å². The Bertz CT molecular complexity index is 1260. The molecule has 1 aliphatic heterocycles. The summed E-state index contributed by atoms with van der Waals surface area (Å²) in [7, 11) is 3.04. The number of benzene rings is 2. The molecule has 0 bridgehead atoms. The molecule has 178 valence electrons. The fourth-order valence-electron chi connectivity index (χ4n) is 4.39. The van der Waals surface area contributed by atoms with Gasteiger partial charge in [-0.3, -0.25) is 9.59 Å². The third kappa shape index (κ3) is 4.66. The minimum absolute atomic E-state index is 0.140. The summed E-state index contributed by atoms with van der Waals surface area (Å²) in [5.41, 5.74) is 1.84. The maximum atomic E-state index is 14.6. The molecule has 1 aromatic heterocycles. The highest BCUT2D eigenvalue weighted by Crippen LogP contribution is 2.31. The molecule has 1 fully saturated rings. The van der Waals surface area contributed by atoms with Crippen molar-refractivity contribution in [3.05, 3.63) is 87.3 Å². The van der Waals surface area contributed by atoms with Gasteiger partial charge in [0.05, 0.1) is 24.0 Å². The van der Waals surface area contributed by atoms with Crippen molar-refractivity contribution in [2.24, 2.45) is 7.05 Å². The van der Waals surface area contributed by atoms with Gasteiger partial charge in [0, 0.05) is 38.0 Å². The first-order valence-corrected chi connectivity index (χ1v) is 11.1. The lowest BCUT2D eigenvalue weighted by atomic mass is 9.89. The maximum Gasteiger partial charge on any atom is 0.257 e. The van der Waals surface area contributed by atoms with Gasteiger partial charge in [0.2, 0.25) is 0 Å². The van der Waals surface area contributed by atoms with E-state index >= 15 is 0 Å². The smallest absolute Gasteiger partial charge is 0.257 e. The Kier molecular flexibility index (Phi) is 6.68. The molecule has 1 saturated heterocycles. The lowest BCUT2D eigenvalue weighted by Gasteiger charge is -2.33. The third-order valence-corrected chi connectivity index (χ3v) is 6.40. The Labute approximate surface area is 196 Å². The zero-order chi connectivity index (χ0) is 24.4. The highest BCUT2D eigenvalue weighted by Gasteiger charge is 2.28. The summed E-state index contributed by atoms with van der Waals surface area (Å²) in [6, 6.07) is 10.8. The zero-order valence-corrected chi connectivity index (χ0v) is 19.4. The van der Waals surface area contributed by atoms with Gasteiger partial charge in [0.1, 0.15) is 17.4 Å². The predicted octanol–water partition coefficient (Wildman–Crippen LogP) is 4.74. The van der Waals surface area contributed by atoms with Crippen molar-refractivity contribution in [2.45, 2.75) is 25.7 Å². The number of hydrogen-bond acceptors (Lipinski definition) is 4. The van der Waals surface area contributed by atoms with Crippen LogP contribution in [0.25, 0.3) is 0 Å². The van der Waals surface area contributed by atoms with Crippen molar-refractivity contribution in [3.63, 3.8) is 0 Å². The van der Waals surface area contributed by atoms with E-state index in [4.69, 9.17) is 4.74 Å². The molecule has 0 radical (unpaired) electrons. The molecule has 1 amide bonds. The number of aromatic nitrogens is 1. The molecule has 1 aliphatic rings. The van der Waals surface area contributed by atoms with E-state index in [1.807, 2.05) is 0 Å². The quantitative estimate of drug-likeness (QED) is 0.589. The Morgan fingerprint density at radius 2 is 1.76 bits per heavy atom. The molecule has 0 atom stereocenters. The average Bonchev–Trinajstić information content (AvgIpc) is 2.85. The highest BCUT2D eigenvalue weighted by molar-refractivity contribution is 6.00. The number of nitrogens with one attached hydrogen (secondary N) is 1. The number of pyridine rings is 1. The summed E-state index contributed by atoms with van der Waals surface area (Å²) in [6.45, 7) is 2.67. The standard InChI is InChI=1S/C26H27F2N3O3/c1-16-24(29-23-9-8-20(34-3)14-22(23)28)21(15-30(2)25(16)32)26(33)31-12-10-18(11-13-31)17-4-6-19(27)7-5-17/h4-9,14-15,18,29H,10-13H2,1-3H3. The number of ether oxygens (including phenoxy) is 1. The van der Waals surface area contributed by atoms with Gasteiger partial charge in [-0.1, -0.05) is 12.1 Å². The first kappa shape index (κ1) is 23.5. The van der Waals surface area contributed by atoms with E-state index in [0.29, 0.717) is 30.0 Å². The Morgan fingerprint density at radius 3 is 2.38 bits per heavy atom. The van der Waals surface area contributed by atoms with E-state index in [2.05, 4.69) is 5.32 Å². The molecule has 0 spiro atoms. The molecule has 2 heterocycles. The third-order valence-electron chi connectivity index (χ3n) is 6.40. The molecule has 3 aromatic rings. The summed E-state index contributed by atoms with van der Waals surface area (Å²) in [5.74, 6) is -0.443. The van der Waals surface area contributed by atoms with E-state index in [1.165, 1.54) is 42.1 Å². The number of aryl methyl sites for hydroxylation is 1. The van der Waals surface area contributed by atoms with Crippen LogP contribution in [-0.4, -0.2) is 35.6 Å². The molecule has 0 unspecified atom stereocenters. The second kappa shape index (κ2) is 9.67. The van der Waals surface area contributed by atoms with E-state index in [9.17, 15) is 18.4 Å². The molecule has 1 N–H and O–H groups in total. The molecule has 6 nitrogen and oxygen atoms in total. The van der Waals surface area contributed by atoms with Gasteiger partial charge >= 0.3 is 0 Å². The number of rotatable bonds is 5. The van der Waals surface area contributed by atoms with Crippen LogP contribution < -0.4 is 15.6 Å². The molecule has 2 aromatic carbocycles. The van der Waals surface area contributed by atoms with Crippen molar-refractivity contribution < 1.29 is 18.3 Å². The maximum absolute atomic E-state index is 14.6. The van der Waals surface area contributed by atoms with E-state index in [0.717, 1.165) is 18.4 Å². The second-order valence-corrected chi connectivity index (χ2v) is 8.55. The summed E-state index contributed by atoms with van der Waals surface area (Å²) in [5, 5.41) is 2.96. The summed E-state index contributed by atoms with van der Waals surface area (Å²) in [6.07, 6.45) is 2.99. The summed E-state index contributed by atoms with van der Waals surface area (Å²) in [4.78, 5) is 27.8. The normalized spacial score (nSPS) is 14.2. The topological polar surface area (TPSA) is 63.6 Å². The van der Waals surface area contributed by atoms with Crippen LogP contribution in [0, 0.1) is 18.6 Å². The molecule has 0 aliphatic carbocycles. The van der Waals surface area contributed by atoms with Crippen molar-refractivity contribution in [1.29, 1.82) is 0 Å². The number of anilines is 2. The fourth-order valence-corrected chi connectivity index (χ4v) is 4.39. The minimum atomic E-state index is -0.557. The van der Waals surface area contributed by atoms with E-state index in [-0.39, 0.29) is 34.6 Å². The molecule has 8 heteroatoms. The van der Waals surface area contributed by atoms with Gasteiger partial charge in [0.25, 0.3) is 11.5 Å². The SMILES string of the molecule is COc1ccc(Nc2c(C(=O)N3CCC(c4ccc(F)cc4)CC3)cn(C)c(=O)c2C)c(F)c1. The van der Waals surface area contributed by atoms with Crippen molar-refractivity contribution in [3.8, 4) is 5.75 Å². The largest absolute Gasteiger partial charge is 0.497 e. The van der Waals surface area contributed by atoms with E-state index in [1.54, 1.807) is 37.1 Å². The van der Waals surface area contributed by atoms with Crippen LogP contribution in [0.3, 0.4) is 0 Å². The van der Waals surface area contributed by atoms with Crippen molar-refractivity contribution >= 4 is 17.3 Å². The predicted molar refractivity (Wildman–Crippen MR) is 127 cm³/mol. The Hall–Kier alpha value is -3.68. The Balaban J connectivity index is 1.59. The molecule has 4 rings (SSSR count). The van der Waals surface area contributed by atoms with Crippen LogP contribution in [0.15, 0.2) is 53.5 Å². The van der Waals surface area contributed by atoms with Crippen LogP contribution in [0.2, 0.25) is 0 Å². The van der Waals surface area contributed by atoms with Gasteiger partial charge in [-0.15, -0.1) is 0 Å². The monoisotopic (exact) mass is 467 g/mol. The van der Waals surface area contributed by atoms with Gasteiger partial charge in [-0.25, -0.2) is 8.78 Å². The second-order valence-electron chi connectivity index (χ2n) is 8.55. The number of hydrogen-bond donors (Lipinski definition) is 1. The number of carbonyl (C=O) groups is 1. The molecule has 0 saturated carbocycles. The van der Waals surface area contributed by atoms with Crippen LogP contribution in [0.5, 0.6) is 5.75 Å². The highest BCUT2D eigenvalue weighted by atomic mass is 19.1. The minimum Gasteiger partial charge on any atom is -0.497 e. The fraction of sp³-hybridized carbons (Fsp3) is 0.308. The first-order chi connectivity index (χ1) is 16.3. The van der Waals surface area contributed by atoms with Crippen LogP contribution in [0.1, 0.15) is 40.2 Å². The zero-order valence-electron chi connectivity index (χ0n) is 19.4.